The van der Waals surface area contributed by atoms with E-state index in [1.165, 1.54) is 0 Å². The summed E-state index contributed by atoms with van der Waals surface area (Å²) in [4.78, 5) is 9.72. The number of allylic oxidation sites excluding steroid dienone is 1. The fourth-order valence-electron chi connectivity index (χ4n) is 0.945. The van der Waals surface area contributed by atoms with E-state index in [4.69, 9.17) is 0 Å². The van der Waals surface area contributed by atoms with Gasteiger partial charge in [-0.15, -0.1) is 0 Å². The molecule has 0 saturated carbocycles. The molecule has 0 aliphatic carbocycles. The third-order valence-electron chi connectivity index (χ3n) is 1.60. The molecule has 0 heterocycles. The van der Waals surface area contributed by atoms with Gasteiger partial charge in [0.1, 0.15) is 0 Å². The highest BCUT2D eigenvalue weighted by molar-refractivity contribution is 9.10. The Morgan fingerprint density at radius 3 is 2.46 bits per heavy atom. The van der Waals surface area contributed by atoms with E-state index in [2.05, 4.69) is 15.9 Å². The molecule has 4 heteroatoms. The van der Waals surface area contributed by atoms with Gasteiger partial charge in [0, 0.05) is 10.0 Å². The largest absolute Gasteiger partial charge is 0.259 e. The van der Waals surface area contributed by atoms with E-state index in [0.29, 0.717) is 5.57 Å². The van der Waals surface area contributed by atoms with Gasteiger partial charge in [0.05, 0.1) is 4.92 Å². The van der Waals surface area contributed by atoms with Crippen LogP contribution in [0, 0.1) is 10.1 Å². The lowest BCUT2D eigenvalue weighted by Gasteiger charge is -1.97. The number of nitro groups is 1. The van der Waals surface area contributed by atoms with Gasteiger partial charge in [-0.1, -0.05) is 28.1 Å². The lowest BCUT2D eigenvalue weighted by molar-refractivity contribution is -0.401. The molecule has 68 valence electrons. The Labute approximate surface area is 84.4 Å². The van der Waals surface area contributed by atoms with Gasteiger partial charge in [0.2, 0.25) is 6.20 Å². The molecule has 0 atom stereocenters. The summed E-state index contributed by atoms with van der Waals surface area (Å²) < 4.78 is 0.963. The maximum absolute atomic E-state index is 10.2. The number of halogens is 1. The summed E-state index contributed by atoms with van der Waals surface area (Å²) in [6, 6.07) is 7.37. The molecule has 0 unspecified atom stereocenters. The summed E-state index contributed by atoms with van der Waals surface area (Å²) in [5, 5.41) is 10.2. The van der Waals surface area contributed by atoms with Crippen molar-refractivity contribution in [3.8, 4) is 0 Å². The van der Waals surface area contributed by atoms with E-state index >= 15 is 0 Å². The van der Waals surface area contributed by atoms with E-state index in [-0.39, 0.29) is 0 Å². The van der Waals surface area contributed by atoms with Crippen LogP contribution >= 0.6 is 15.9 Å². The van der Waals surface area contributed by atoms with Crippen molar-refractivity contribution in [3.05, 3.63) is 50.6 Å². The summed E-state index contributed by atoms with van der Waals surface area (Å²) in [7, 11) is 0. The van der Waals surface area contributed by atoms with Crippen molar-refractivity contribution in [2.45, 2.75) is 6.92 Å². The minimum absolute atomic E-state index is 0.447. The second kappa shape index (κ2) is 4.18. The van der Waals surface area contributed by atoms with Gasteiger partial charge in [0.15, 0.2) is 0 Å². The summed E-state index contributed by atoms with van der Waals surface area (Å²) in [5.41, 5.74) is 1.51. The number of benzene rings is 1. The normalized spacial score (nSPS) is 11.4. The predicted molar refractivity (Wildman–Crippen MR) is 54.8 cm³/mol. The molecule has 0 bridgehead atoms. The third kappa shape index (κ3) is 2.99. The Morgan fingerprint density at radius 1 is 1.46 bits per heavy atom. The molecule has 3 nitrogen and oxygen atoms in total. The zero-order chi connectivity index (χ0) is 9.84. The lowest BCUT2D eigenvalue weighted by Crippen LogP contribution is -1.87. The molecule has 1 aromatic carbocycles. The fraction of sp³-hybridized carbons (Fsp3) is 0.111. The van der Waals surface area contributed by atoms with Crippen LogP contribution in [0.3, 0.4) is 0 Å². The second-order valence-electron chi connectivity index (χ2n) is 2.60. The highest BCUT2D eigenvalue weighted by Crippen LogP contribution is 2.16. The molecule has 0 aliphatic heterocycles. The number of rotatable bonds is 2. The highest BCUT2D eigenvalue weighted by atomic mass is 79.9. The Kier molecular flexibility index (Phi) is 3.19. The van der Waals surface area contributed by atoms with Gasteiger partial charge in [0.25, 0.3) is 0 Å². The van der Waals surface area contributed by atoms with Crippen molar-refractivity contribution in [1.82, 2.24) is 0 Å². The zero-order valence-corrected chi connectivity index (χ0v) is 8.61. The maximum atomic E-state index is 10.2. The molecule has 0 saturated heterocycles. The topological polar surface area (TPSA) is 43.1 Å². The van der Waals surface area contributed by atoms with Crippen molar-refractivity contribution in [2.24, 2.45) is 0 Å². The van der Waals surface area contributed by atoms with Gasteiger partial charge in [-0.2, -0.15) is 0 Å². The van der Waals surface area contributed by atoms with E-state index in [0.717, 1.165) is 16.2 Å². The molecule has 0 radical (unpaired) electrons. The van der Waals surface area contributed by atoms with Crippen LogP contribution < -0.4 is 0 Å². The first-order valence-corrected chi connectivity index (χ1v) is 4.47. The predicted octanol–water partition coefficient (Wildman–Crippen LogP) is 3.09. The van der Waals surface area contributed by atoms with Crippen LogP contribution in [0.15, 0.2) is 34.9 Å². The van der Waals surface area contributed by atoms with E-state index in [1.54, 1.807) is 6.92 Å². The van der Waals surface area contributed by atoms with Gasteiger partial charge in [-0.3, -0.25) is 10.1 Å². The van der Waals surface area contributed by atoms with Crippen LogP contribution in [0.2, 0.25) is 0 Å². The highest BCUT2D eigenvalue weighted by Gasteiger charge is 1.99. The summed E-state index contributed by atoms with van der Waals surface area (Å²) >= 11 is 3.29. The second-order valence-corrected chi connectivity index (χ2v) is 3.52. The van der Waals surface area contributed by atoms with Crippen molar-refractivity contribution in [2.75, 3.05) is 0 Å². The Bertz CT molecular complexity index is 343. The first-order valence-electron chi connectivity index (χ1n) is 3.67. The molecule has 0 aliphatic rings. The summed E-state index contributed by atoms with van der Waals surface area (Å²) in [6.07, 6.45) is 1.00. The molecule has 0 N–H and O–H groups in total. The van der Waals surface area contributed by atoms with Crippen LogP contribution in [-0.2, 0) is 0 Å². The number of hydrogen-bond acceptors (Lipinski definition) is 2. The van der Waals surface area contributed by atoms with Crippen LogP contribution in [0.5, 0.6) is 0 Å². The maximum Gasteiger partial charge on any atom is 0.237 e. The van der Waals surface area contributed by atoms with Crippen molar-refractivity contribution >= 4 is 21.5 Å². The van der Waals surface area contributed by atoms with Crippen molar-refractivity contribution < 1.29 is 4.92 Å². The molecule has 13 heavy (non-hydrogen) atoms. The molecule has 0 spiro atoms. The molecular formula is C9H8BrNO2. The molecule has 1 rings (SSSR count). The molecule has 1 aromatic rings. The van der Waals surface area contributed by atoms with Gasteiger partial charge >= 0.3 is 0 Å². The SMILES string of the molecule is CC(=C[N+](=O)[O-])c1ccc(Br)cc1. The first-order chi connectivity index (χ1) is 6.09. The number of nitrogens with zero attached hydrogens (tertiary/aromatic N) is 1. The first kappa shape index (κ1) is 9.92. The Hall–Kier alpha value is -1.16. The lowest BCUT2D eigenvalue weighted by atomic mass is 10.1. The smallest absolute Gasteiger partial charge is 0.237 e. The molecule has 0 amide bonds. The van der Waals surface area contributed by atoms with Gasteiger partial charge < -0.3 is 0 Å². The molecular weight excluding hydrogens is 234 g/mol. The third-order valence-corrected chi connectivity index (χ3v) is 2.13. The van der Waals surface area contributed by atoms with E-state index < -0.39 is 4.92 Å². The summed E-state index contributed by atoms with van der Waals surface area (Å²) in [6.45, 7) is 1.71. The average molecular weight is 242 g/mol. The molecule has 0 aromatic heterocycles. The van der Waals surface area contributed by atoms with Crippen molar-refractivity contribution in [1.29, 1.82) is 0 Å². The zero-order valence-electron chi connectivity index (χ0n) is 7.03. The fourth-order valence-corrected chi connectivity index (χ4v) is 1.21. The van der Waals surface area contributed by atoms with Crippen LogP contribution in [0.1, 0.15) is 12.5 Å². The summed E-state index contributed by atoms with van der Waals surface area (Å²) in [5.74, 6) is 0. The average Bonchev–Trinajstić information content (AvgIpc) is 2.04. The quantitative estimate of drug-likeness (QED) is 0.590. The van der Waals surface area contributed by atoms with E-state index in [1.807, 2.05) is 24.3 Å². The minimum Gasteiger partial charge on any atom is -0.259 e. The van der Waals surface area contributed by atoms with Crippen LogP contribution in [0.4, 0.5) is 0 Å². The Balaban J connectivity index is 2.96. The standard InChI is InChI=1S/C9H8BrNO2/c1-7(6-11(12)13)8-2-4-9(10)5-3-8/h2-6H,1H3. The minimum atomic E-state index is -0.447. The van der Waals surface area contributed by atoms with Crippen molar-refractivity contribution in [3.63, 3.8) is 0 Å². The van der Waals surface area contributed by atoms with Crippen LogP contribution in [0.25, 0.3) is 5.57 Å². The van der Waals surface area contributed by atoms with E-state index in [9.17, 15) is 10.1 Å². The van der Waals surface area contributed by atoms with Gasteiger partial charge in [-0.05, 0) is 24.6 Å². The monoisotopic (exact) mass is 241 g/mol. The Morgan fingerprint density at radius 2 is 2.00 bits per heavy atom. The van der Waals surface area contributed by atoms with Gasteiger partial charge in [-0.25, -0.2) is 0 Å². The molecule has 0 fully saturated rings. The van der Waals surface area contributed by atoms with Crippen LogP contribution in [-0.4, -0.2) is 4.92 Å². The number of hydrogen-bond donors (Lipinski definition) is 0.